The molecule has 0 spiro atoms. The van der Waals surface area contributed by atoms with Crippen LogP contribution in [0.4, 0.5) is 17.6 Å². The van der Waals surface area contributed by atoms with Crippen LogP contribution in [0.15, 0.2) is 72.8 Å². The van der Waals surface area contributed by atoms with Crippen LogP contribution in [0.5, 0.6) is 11.5 Å². The molecule has 0 amide bonds. The number of ether oxygens (including phenoxy) is 2. The maximum absolute atomic E-state index is 14.8. The van der Waals surface area contributed by atoms with Crippen LogP contribution in [0.3, 0.4) is 0 Å². The smallest absolute Gasteiger partial charge is 0.343 e. The molecule has 4 rings (SSSR count). The highest BCUT2D eigenvalue weighted by Gasteiger charge is 2.19. The molecule has 0 aromatic heterocycles. The molecule has 0 saturated carbocycles. The van der Waals surface area contributed by atoms with Crippen molar-refractivity contribution in [1.82, 2.24) is 0 Å². The predicted molar refractivity (Wildman–Crippen MR) is 126 cm³/mol. The highest BCUT2D eigenvalue weighted by molar-refractivity contribution is 5.91. The van der Waals surface area contributed by atoms with Gasteiger partial charge in [0.2, 0.25) is 5.82 Å². The second-order valence-electron chi connectivity index (χ2n) is 7.79. The van der Waals surface area contributed by atoms with E-state index in [0.717, 1.165) is 6.07 Å². The van der Waals surface area contributed by atoms with Crippen molar-refractivity contribution < 1.29 is 36.9 Å². The van der Waals surface area contributed by atoms with Crippen LogP contribution in [0, 0.1) is 23.3 Å². The van der Waals surface area contributed by atoms with Crippen molar-refractivity contribution in [1.29, 1.82) is 0 Å². The number of hydrogen-bond acceptors (Lipinski definition) is 4. The molecule has 4 aromatic carbocycles. The number of esters is 1. The summed E-state index contributed by atoms with van der Waals surface area (Å²) in [6.07, 6.45) is 0. The molecule has 0 fully saturated rings. The molecule has 0 heterocycles. The molecule has 4 nitrogen and oxygen atoms in total. The predicted octanol–water partition coefficient (Wildman–Crippen LogP) is 7.04. The zero-order valence-electron chi connectivity index (χ0n) is 19.0. The third-order valence-corrected chi connectivity index (χ3v) is 5.48. The highest BCUT2D eigenvalue weighted by Crippen LogP contribution is 2.32. The van der Waals surface area contributed by atoms with Crippen LogP contribution in [0.25, 0.3) is 22.3 Å². The Bertz CT molecular complexity index is 1400. The van der Waals surface area contributed by atoms with Gasteiger partial charge in [0.05, 0.1) is 12.2 Å². The average molecular weight is 496 g/mol. The van der Waals surface area contributed by atoms with Gasteiger partial charge in [0.1, 0.15) is 5.75 Å². The van der Waals surface area contributed by atoms with Gasteiger partial charge in [0, 0.05) is 23.3 Å². The van der Waals surface area contributed by atoms with Crippen LogP contribution < -0.4 is 4.74 Å². The summed E-state index contributed by atoms with van der Waals surface area (Å²) < 4.78 is 68.2. The van der Waals surface area contributed by atoms with E-state index in [-0.39, 0.29) is 40.2 Å². The first-order valence-corrected chi connectivity index (χ1v) is 10.9. The van der Waals surface area contributed by atoms with Crippen LogP contribution >= 0.6 is 0 Å². The van der Waals surface area contributed by atoms with Gasteiger partial charge in [0.25, 0.3) is 0 Å². The Hall–Kier alpha value is -4.17. The van der Waals surface area contributed by atoms with Crippen molar-refractivity contribution in [2.75, 3.05) is 6.61 Å². The molecular formula is C28H20F4O4. The third-order valence-electron chi connectivity index (χ3n) is 5.48. The standard InChI is InChI=1S/C28H20F4O4/c1-2-35-15-19-9-14-23(27(32)24(19)29)36-28(34)18-5-3-16(4-6-18)21-12-13-22(26(31)25(21)30)17-7-10-20(33)11-8-17/h3-14,33H,2,15H2,1H3. The molecule has 4 aromatic rings. The number of phenols is 1. The first kappa shape index (κ1) is 24.9. The Kier molecular flexibility index (Phi) is 7.36. The Morgan fingerprint density at radius 3 is 1.83 bits per heavy atom. The summed E-state index contributed by atoms with van der Waals surface area (Å²) in [5.74, 6) is -6.17. The number of aromatic hydroxyl groups is 1. The van der Waals surface area contributed by atoms with Crippen molar-refractivity contribution in [3.8, 4) is 33.8 Å². The summed E-state index contributed by atoms with van der Waals surface area (Å²) in [6, 6.07) is 16.3. The van der Waals surface area contributed by atoms with Gasteiger partial charge in [-0.05, 0) is 54.4 Å². The molecule has 0 aliphatic heterocycles. The molecule has 8 heteroatoms. The lowest BCUT2D eigenvalue weighted by Crippen LogP contribution is -2.11. The minimum absolute atomic E-state index is 0.00123. The van der Waals surface area contributed by atoms with E-state index in [1.165, 1.54) is 66.7 Å². The Labute approximate surface area is 204 Å². The monoisotopic (exact) mass is 496 g/mol. The molecule has 0 radical (unpaired) electrons. The van der Waals surface area contributed by atoms with Gasteiger partial charge in [-0.3, -0.25) is 0 Å². The first-order valence-electron chi connectivity index (χ1n) is 10.9. The normalized spacial score (nSPS) is 10.9. The lowest BCUT2D eigenvalue weighted by molar-refractivity contribution is 0.0726. The van der Waals surface area contributed by atoms with E-state index in [1.807, 2.05) is 0 Å². The van der Waals surface area contributed by atoms with Gasteiger partial charge >= 0.3 is 5.97 Å². The van der Waals surface area contributed by atoms with E-state index in [2.05, 4.69) is 0 Å². The van der Waals surface area contributed by atoms with E-state index < -0.39 is 35.0 Å². The molecule has 184 valence electrons. The van der Waals surface area contributed by atoms with E-state index in [1.54, 1.807) is 6.92 Å². The second-order valence-corrected chi connectivity index (χ2v) is 7.79. The molecule has 36 heavy (non-hydrogen) atoms. The number of halogens is 4. The summed E-state index contributed by atoms with van der Waals surface area (Å²) >= 11 is 0. The fraction of sp³-hybridized carbons (Fsp3) is 0.107. The van der Waals surface area contributed by atoms with Crippen molar-refractivity contribution in [3.05, 3.63) is 107 Å². The van der Waals surface area contributed by atoms with Crippen molar-refractivity contribution in [3.63, 3.8) is 0 Å². The number of carbonyl (C=O) groups is 1. The van der Waals surface area contributed by atoms with Crippen LogP contribution in [-0.4, -0.2) is 17.7 Å². The Morgan fingerprint density at radius 1 is 0.722 bits per heavy atom. The van der Waals surface area contributed by atoms with Crippen molar-refractivity contribution in [2.45, 2.75) is 13.5 Å². The number of hydrogen-bond donors (Lipinski definition) is 1. The fourth-order valence-corrected chi connectivity index (χ4v) is 3.56. The average Bonchev–Trinajstić information content (AvgIpc) is 2.89. The van der Waals surface area contributed by atoms with Gasteiger partial charge < -0.3 is 14.6 Å². The topological polar surface area (TPSA) is 55.8 Å². The molecule has 0 aliphatic rings. The summed E-state index contributed by atoms with van der Waals surface area (Å²) in [4.78, 5) is 12.4. The lowest BCUT2D eigenvalue weighted by atomic mass is 9.98. The maximum atomic E-state index is 14.8. The van der Waals surface area contributed by atoms with Crippen LogP contribution in [-0.2, 0) is 11.3 Å². The van der Waals surface area contributed by atoms with Crippen LogP contribution in [0.2, 0.25) is 0 Å². The molecule has 0 bridgehead atoms. The van der Waals surface area contributed by atoms with E-state index in [9.17, 15) is 27.5 Å². The van der Waals surface area contributed by atoms with Crippen molar-refractivity contribution >= 4 is 5.97 Å². The minimum atomic E-state index is -1.32. The van der Waals surface area contributed by atoms with Gasteiger partial charge in [-0.15, -0.1) is 0 Å². The summed E-state index contributed by atoms with van der Waals surface area (Å²) in [5, 5.41) is 9.39. The van der Waals surface area contributed by atoms with E-state index >= 15 is 0 Å². The van der Waals surface area contributed by atoms with Gasteiger partial charge in [-0.1, -0.05) is 36.4 Å². The molecule has 0 aliphatic carbocycles. The largest absolute Gasteiger partial charge is 0.508 e. The first-order chi connectivity index (χ1) is 17.3. The molecule has 0 atom stereocenters. The highest BCUT2D eigenvalue weighted by atomic mass is 19.2. The number of rotatable bonds is 7. The summed E-state index contributed by atoms with van der Waals surface area (Å²) in [5.41, 5.74) is 0.662. The Morgan fingerprint density at radius 2 is 1.28 bits per heavy atom. The van der Waals surface area contributed by atoms with E-state index in [4.69, 9.17) is 9.47 Å². The molecule has 1 N–H and O–H groups in total. The maximum Gasteiger partial charge on any atom is 0.343 e. The lowest BCUT2D eigenvalue weighted by Gasteiger charge is -2.11. The summed E-state index contributed by atoms with van der Waals surface area (Å²) in [6.45, 7) is 1.92. The zero-order chi connectivity index (χ0) is 25.8. The van der Waals surface area contributed by atoms with Crippen molar-refractivity contribution in [2.24, 2.45) is 0 Å². The SMILES string of the molecule is CCOCc1ccc(OC(=O)c2ccc(-c3ccc(-c4ccc(O)cc4)c(F)c3F)cc2)c(F)c1F. The molecule has 0 saturated heterocycles. The minimum Gasteiger partial charge on any atom is -0.508 e. The van der Waals surface area contributed by atoms with Crippen LogP contribution in [0.1, 0.15) is 22.8 Å². The third kappa shape index (κ3) is 5.08. The molecular weight excluding hydrogens is 476 g/mol. The second kappa shape index (κ2) is 10.6. The fourth-order valence-electron chi connectivity index (χ4n) is 3.56. The van der Waals surface area contributed by atoms with Gasteiger partial charge in [-0.25, -0.2) is 18.0 Å². The van der Waals surface area contributed by atoms with E-state index in [0.29, 0.717) is 12.2 Å². The van der Waals surface area contributed by atoms with Gasteiger partial charge in [-0.2, -0.15) is 4.39 Å². The Balaban J connectivity index is 1.53. The number of carbonyl (C=O) groups excluding carboxylic acids is 1. The quantitative estimate of drug-likeness (QED) is 0.169. The number of phenolic OH excluding ortho intramolecular Hbond substituents is 1. The summed E-state index contributed by atoms with van der Waals surface area (Å²) in [7, 11) is 0. The zero-order valence-corrected chi connectivity index (χ0v) is 19.0. The number of benzene rings is 4. The molecule has 0 unspecified atom stereocenters. The van der Waals surface area contributed by atoms with Gasteiger partial charge in [0.15, 0.2) is 23.2 Å².